The van der Waals surface area contributed by atoms with Gasteiger partial charge in [-0.15, -0.1) is 0 Å². The van der Waals surface area contributed by atoms with Gasteiger partial charge in [0.05, 0.1) is 0 Å². The molecule has 1 aromatic carbocycles. The summed E-state index contributed by atoms with van der Waals surface area (Å²) in [5.74, 6) is -2.34. The first-order valence-electron chi connectivity index (χ1n) is 8.10. The van der Waals surface area contributed by atoms with Crippen LogP contribution in [0.5, 0.6) is 0 Å². The summed E-state index contributed by atoms with van der Waals surface area (Å²) in [6.45, 7) is 4.71. The highest BCUT2D eigenvalue weighted by Crippen LogP contribution is 2.25. The summed E-state index contributed by atoms with van der Waals surface area (Å²) in [7, 11) is -4.23. The molecule has 10 heteroatoms. The van der Waals surface area contributed by atoms with E-state index in [1.54, 1.807) is 39.0 Å². The smallest absolute Gasteiger partial charge is 0.417 e. The van der Waals surface area contributed by atoms with E-state index in [1.165, 1.54) is 6.07 Å². The molecule has 1 aliphatic heterocycles. The first-order chi connectivity index (χ1) is 12.4. The molecule has 2 rings (SSSR count). The van der Waals surface area contributed by atoms with E-state index in [-0.39, 0.29) is 13.0 Å². The molecule has 0 saturated carbocycles. The van der Waals surface area contributed by atoms with Gasteiger partial charge in [-0.3, -0.25) is 4.79 Å². The fourth-order valence-corrected chi connectivity index (χ4v) is 3.86. The van der Waals surface area contributed by atoms with E-state index in [2.05, 4.69) is 5.32 Å². The molecule has 0 atom stereocenters. The largest absolute Gasteiger partial charge is 0.511 e. The highest BCUT2D eigenvalue weighted by molar-refractivity contribution is 7.96. The number of hydrogen-bond donors (Lipinski definition) is 2. The van der Waals surface area contributed by atoms with Gasteiger partial charge < -0.3 is 15.2 Å². The Bertz CT molecular complexity index is 889. The van der Waals surface area contributed by atoms with Crippen LogP contribution >= 0.6 is 11.6 Å². The first-order valence-corrected chi connectivity index (χ1v) is 10.1. The number of hydrogen-bond acceptors (Lipinski definition) is 7. The molecule has 27 heavy (non-hydrogen) atoms. The number of halogens is 1. The third-order valence-corrected chi connectivity index (χ3v) is 5.28. The van der Waals surface area contributed by atoms with Gasteiger partial charge in [0.1, 0.15) is 17.2 Å². The van der Waals surface area contributed by atoms with Crippen LogP contribution in [0.25, 0.3) is 0 Å². The number of anilines is 1. The molecule has 1 aliphatic rings. The predicted octanol–water partition coefficient (Wildman–Crippen LogP) is 3.06. The van der Waals surface area contributed by atoms with Gasteiger partial charge in [-0.1, -0.05) is 17.7 Å². The molecule has 2 amide bonds. The fraction of sp³-hybridized carbons (Fsp3) is 0.412. The molecule has 0 unspecified atom stereocenters. The van der Waals surface area contributed by atoms with Crippen LogP contribution in [-0.4, -0.2) is 48.4 Å². The monoisotopic (exact) mass is 416 g/mol. The van der Waals surface area contributed by atoms with Crippen LogP contribution in [-0.2, 0) is 19.4 Å². The van der Waals surface area contributed by atoms with Crippen molar-refractivity contribution in [3.63, 3.8) is 0 Å². The Labute approximate surface area is 162 Å². The Balaban J connectivity index is 2.21. The van der Waals surface area contributed by atoms with Gasteiger partial charge in [0.2, 0.25) is 9.84 Å². The molecule has 0 spiro atoms. The van der Waals surface area contributed by atoms with Gasteiger partial charge in [0.15, 0.2) is 4.91 Å². The molecular weight excluding hydrogens is 396 g/mol. The summed E-state index contributed by atoms with van der Waals surface area (Å²) < 4.78 is 30.3. The summed E-state index contributed by atoms with van der Waals surface area (Å²) in [6, 6.07) is 6.37. The summed E-state index contributed by atoms with van der Waals surface area (Å²) in [5.41, 5.74) is -0.424. The average Bonchev–Trinajstić information content (AvgIpc) is 2.51. The molecule has 1 heterocycles. The van der Waals surface area contributed by atoms with Gasteiger partial charge in [-0.05, 0) is 39.0 Å². The highest BCUT2D eigenvalue weighted by atomic mass is 35.5. The van der Waals surface area contributed by atoms with Crippen molar-refractivity contribution in [1.82, 2.24) is 4.90 Å². The van der Waals surface area contributed by atoms with Gasteiger partial charge >= 0.3 is 6.09 Å². The van der Waals surface area contributed by atoms with Gasteiger partial charge in [-0.25, -0.2) is 18.1 Å². The maximum Gasteiger partial charge on any atom is 0.417 e. The lowest BCUT2D eigenvalue weighted by Gasteiger charge is -2.29. The standard InChI is InChI=1S/C17H21ClN2O6S/c1-17(2,3)26-16(23)20-8-7-13(21)14(15(20)22)27(24,25)10-19-12-6-4-5-11(18)9-12/h4-6,9,19,21H,7-8,10H2,1-3H3. The van der Waals surface area contributed by atoms with Crippen LogP contribution in [0.15, 0.2) is 34.9 Å². The number of nitrogens with one attached hydrogen (secondary N) is 1. The zero-order valence-electron chi connectivity index (χ0n) is 15.2. The molecule has 0 radical (unpaired) electrons. The van der Waals surface area contributed by atoms with Crippen LogP contribution < -0.4 is 5.32 Å². The fourth-order valence-electron chi connectivity index (χ4n) is 2.33. The van der Waals surface area contributed by atoms with Gasteiger partial charge in [-0.2, -0.15) is 0 Å². The number of imide groups is 1. The number of ether oxygens (including phenoxy) is 1. The molecule has 1 aromatic rings. The molecule has 0 fully saturated rings. The van der Waals surface area contributed by atoms with E-state index < -0.39 is 44.0 Å². The Kier molecular flexibility index (Phi) is 6.06. The van der Waals surface area contributed by atoms with Crippen LogP contribution in [0.2, 0.25) is 5.02 Å². The number of rotatable bonds is 4. The third-order valence-electron chi connectivity index (χ3n) is 3.49. The average molecular weight is 417 g/mol. The van der Waals surface area contributed by atoms with Crippen molar-refractivity contribution in [2.45, 2.75) is 32.8 Å². The molecule has 148 valence electrons. The van der Waals surface area contributed by atoms with E-state index in [9.17, 15) is 23.1 Å². The Morgan fingerprint density at radius 1 is 1.37 bits per heavy atom. The zero-order valence-corrected chi connectivity index (χ0v) is 16.7. The Hall–Kier alpha value is -2.26. The minimum atomic E-state index is -4.23. The number of benzene rings is 1. The highest BCUT2D eigenvalue weighted by Gasteiger charge is 2.40. The molecule has 0 aliphatic carbocycles. The predicted molar refractivity (Wildman–Crippen MR) is 101 cm³/mol. The maximum absolute atomic E-state index is 12.6. The van der Waals surface area contributed by atoms with E-state index in [0.717, 1.165) is 0 Å². The number of carbonyl (C=O) groups is 2. The number of amides is 2. The first kappa shape index (κ1) is 21.0. The topological polar surface area (TPSA) is 113 Å². The second-order valence-corrected chi connectivity index (χ2v) is 9.27. The normalized spacial score (nSPS) is 15.7. The van der Waals surface area contributed by atoms with Crippen molar-refractivity contribution < 1.29 is 27.9 Å². The van der Waals surface area contributed by atoms with Crippen molar-refractivity contribution >= 4 is 39.1 Å². The lowest BCUT2D eigenvalue weighted by molar-refractivity contribution is -0.126. The lowest BCUT2D eigenvalue weighted by Crippen LogP contribution is -2.46. The third kappa shape index (κ3) is 5.36. The van der Waals surface area contributed by atoms with Crippen molar-refractivity contribution in [3.05, 3.63) is 40.0 Å². The van der Waals surface area contributed by atoms with Crippen LogP contribution in [0.4, 0.5) is 10.5 Å². The summed E-state index contributed by atoms with van der Waals surface area (Å²) >= 11 is 5.85. The molecule has 0 saturated heterocycles. The SMILES string of the molecule is CC(C)(C)OC(=O)N1CCC(O)=C(S(=O)(=O)CNc2cccc(Cl)c2)C1=O. The van der Waals surface area contributed by atoms with Crippen LogP contribution in [0.3, 0.4) is 0 Å². The minimum Gasteiger partial charge on any atom is -0.511 e. The second kappa shape index (κ2) is 7.77. The Morgan fingerprint density at radius 2 is 2.04 bits per heavy atom. The van der Waals surface area contributed by atoms with Crippen molar-refractivity contribution in [2.75, 3.05) is 17.7 Å². The Morgan fingerprint density at radius 3 is 2.63 bits per heavy atom. The quantitative estimate of drug-likeness (QED) is 0.775. The summed E-state index contributed by atoms with van der Waals surface area (Å²) in [5, 5.41) is 13.0. The number of nitrogens with zero attached hydrogens (tertiary/aromatic N) is 1. The van der Waals surface area contributed by atoms with E-state index >= 15 is 0 Å². The van der Waals surface area contributed by atoms with Crippen molar-refractivity contribution in [2.24, 2.45) is 0 Å². The zero-order chi connectivity index (χ0) is 20.4. The van der Waals surface area contributed by atoms with Crippen LogP contribution in [0.1, 0.15) is 27.2 Å². The van der Waals surface area contributed by atoms with Crippen molar-refractivity contribution in [1.29, 1.82) is 0 Å². The van der Waals surface area contributed by atoms with E-state index in [0.29, 0.717) is 15.6 Å². The van der Waals surface area contributed by atoms with Crippen LogP contribution in [0, 0.1) is 0 Å². The van der Waals surface area contributed by atoms with E-state index in [1.807, 2.05) is 0 Å². The number of sulfone groups is 1. The van der Waals surface area contributed by atoms with E-state index in [4.69, 9.17) is 16.3 Å². The molecule has 0 bridgehead atoms. The maximum atomic E-state index is 12.6. The van der Waals surface area contributed by atoms with Gasteiger partial charge in [0.25, 0.3) is 5.91 Å². The number of aliphatic hydroxyl groups excluding tert-OH is 1. The molecule has 8 nitrogen and oxygen atoms in total. The summed E-state index contributed by atoms with van der Waals surface area (Å²) in [6.07, 6.45) is -1.13. The van der Waals surface area contributed by atoms with Gasteiger partial charge in [0, 0.05) is 23.7 Å². The second-order valence-electron chi connectivity index (χ2n) is 6.91. The van der Waals surface area contributed by atoms with Crippen molar-refractivity contribution in [3.8, 4) is 0 Å². The molecule has 0 aromatic heterocycles. The number of carbonyl (C=O) groups excluding carboxylic acids is 2. The number of aliphatic hydroxyl groups is 1. The summed E-state index contributed by atoms with van der Waals surface area (Å²) in [4.78, 5) is 24.6. The molecular formula is C17H21ClN2O6S. The minimum absolute atomic E-state index is 0.166. The lowest BCUT2D eigenvalue weighted by atomic mass is 10.2. The molecule has 2 N–H and O–H groups in total.